The average molecular weight is 532 g/mol. The third-order valence-corrected chi connectivity index (χ3v) is 7.96. The average Bonchev–Trinajstić information content (AvgIpc) is 2.87. The van der Waals surface area contributed by atoms with Crippen LogP contribution in [-0.2, 0) is 11.2 Å². The first-order valence-corrected chi connectivity index (χ1v) is 13.4. The van der Waals surface area contributed by atoms with Crippen molar-refractivity contribution in [3.05, 3.63) is 40.9 Å². The summed E-state index contributed by atoms with van der Waals surface area (Å²) in [6.45, 7) is 5.79. The fourth-order valence-electron chi connectivity index (χ4n) is 3.82. The molecule has 0 atom stereocenters. The number of allylic oxidation sites excluding steroid dienone is 1. The SMILES string of the molecule is C#CC1CCC(N(CCc2ccc(OC)cc2)C(=O)NC(=S)N/C=C(\C)SCC(C)(C)C(=O)O)CC1. The van der Waals surface area contributed by atoms with Gasteiger partial charge in [0, 0.05) is 30.5 Å². The number of carboxylic acid groups (broad SMARTS) is 1. The van der Waals surface area contributed by atoms with Crippen LogP contribution >= 0.6 is 24.0 Å². The molecule has 0 saturated heterocycles. The van der Waals surface area contributed by atoms with Gasteiger partial charge in [0.2, 0.25) is 0 Å². The van der Waals surface area contributed by atoms with E-state index in [-0.39, 0.29) is 23.1 Å². The second-order valence-corrected chi connectivity index (χ2v) is 11.2. The van der Waals surface area contributed by atoms with Crippen LogP contribution in [0.1, 0.15) is 52.0 Å². The Morgan fingerprint density at radius 1 is 1.28 bits per heavy atom. The molecule has 1 aromatic carbocycles. The summed E-state index contributed by atoms with van der Waals surface area (Å²) < 4.78 is 5.23. The molecule has 0 aliphatic heterocycles. The molecule has 0 radical (unpaired) electrons. The van der Waals surface area contributed by atoms with E-state index in [2.05, 4.69) is 16.6 Å². The molecule has 0 heterocycles. The predicted octanol–water partition coefficient (Wildman–Crippen LogP) is 5.02. The van der Waals surface area contributed by atoms with Gasteiger partial charge in [-0.1, -0.05) is 12.1 Å². The molecule has 1 aromatic rings. The van der Waals surface area contributed by atoms with Crippen LogP contribution in [0.4, 0.5) is 4.79 Å². The maximum absolute atomic E-state index is 13.2. The number of thiocarbonyl (C=S) groups is 1. The van der Waals surface area contributed by atoms with Gasteiger partial charge in [0.25, 0.3) is 0 Å². The number of rotatable bonds is 10. The molecule has 9 heteroatoms. The Bertz CT molecular complexity index is 978. The first kappa shape index (κ1) is 29.5. The van der Waals surface area contributed by atoms with Gasteiger partial charge in [0.15, 0.2) is 5.11 Å². The highest BCUT2D eigenvalue weighted by Gasteiger charge is 2.29. The molecule has 2 amide bonds. The van der Waals surface area contributed by atoms with Gasteiger partial charge in [-0.3, -0.25) is 10.1 Å². The Morgan fingerprint density at radius 3 is 2.47 bits per heavy atom. The van der Waals surface area contributed by atoms with Crippen molar-refractivity contribution < 1.29 is 19.4 Å². The van der Waals surface area contributed by atoms with Gasteiger partial charge >= 0.3 is 12.0 Å². The zero-order valence-electron chi connectivity index (χ0n) is 21.5. The number of methoxy groups -OCH3 is 1. The summed E-state index contributed by atoms with van der Waals surface area (Å²) in [6.07, 6.45) is 11.5. The standard InChI is InChI=1S/C27H37N3O4S2/c1-6-20-7-11-22(12-8-20)30(16-15-21-9-13-23(34-5)14-10-21)26(33)29-25(35)28-17-19(2)36-18-27(3,4)24(31)32/h1,9-10,13-14,17,20,22H,7-8,11-12,15-16,18H2,2-5H3,(H,31,32)(H2,28,29,33,35)/b19-17+. The summed E-state index contributed by atoms with van der Waals surface area (Å²) >= 11 is 6.78. The van der Waals surface area contributed by atoms with Gasteiger partial charge in [-0.25, -0.2) is 4.79 Å². The number of aliphatic carboxylic acids is 1. The van der Waals surface area contributed by atoms with Gasteiger partial charge in [0.1, 0.15) is 5.75 Å². The van der Waals surface area contributed by atoms with Crippen molar-refractivity contribution in [1.29, 1.82) is 0 Å². The van der Waals surface area contributed by atoms with Gasteiger partial charge in [-0.2, -0.15) is 0 Å². The number of amides is 2. The number of urea groups is 1. The van der Waals surface area contributed by atoms with Crippen LogP contribution in [0.5, 0.6) is 5.75 Å². The monoisotopic (exact) mass is 531 g/mol. The van der Waals surface area contributed by atoms with Gasteiger partial charge in [-0.05, 0) is 87.7 Å². The van der Waals surface area contributed by atoms with Crippen LogP contribution in [0.15, 0.2) is 35.4 Å². The summed E-state index contributed by atoms with van der Waals surface area (Å²) in [5.74, 6) is 3.49. The topological polar surface area (TPSA) is 90.9 Å². The Balaban J connectivity index is 1.98. The van der Waals surface area contributed by atoms with Crippen molar-refractivity contribution in [2.75, 3.05) is 19.4 Å². The molecule has 0 spiro atoms. The number of hydrogen-bond acceptors (Lipinski definition) is 5. The number of ether oxygens (including phenoxy) is 1. The number of carbonyl (C=O) groups excluding carboxylic acids is 1. The summed E-state index contributed by atoms with van der Waals surface area (Å²) in [7, 11) is 1.64. The molecule has 0 aromatic heterocycles. The fourth-order valence-corrected chi connectivity index (χ4v) is 4.82. The molecule has 2 rings (SSSR count). The lowest BCUT2D eigenvalue weighted by molar-refractivity contribution is -0.145. The van der Waals surface area contributed by atoms with E-state index in [1.807, 2.05) is 36.1 Å². The summed E-state index contributed by atoms with van der Waals surface area (Å²) in [5, 5.41) is 15.2. The second kappa shape index (κ2) is 14.1. The first-order chi connectivity index (χ1) is 17.1. The van der Waals surface area contributed by atoms with Crippen LogP contribution in [0, 0.1) is 23.7 Å². The zero-order valence-corrected chi connectivity index (χ0v) is 23.1. The Labute approximate surface area is 224 Å². The molecule has 1 fully saturated rings. The van der Waals surface area contributed by atoms with Crippen LogP contribution in [0.3, 0.4) is 0 Å². The highest BCUT2D eigenvalue weighted by molar-refractivity contribution is 8.03. The van der Waals surface area contributed by atoms with E-state index in [4.69, 9.17) is 23.4 Å². The lowest BCUT2D eigenvalue weighted by Crippen LogP contribution is -2.51. The number of terminal acetylenes is 1. The maximum Gasteiger partial charge on any atom is 0.323 e. The molecule has 196 valence electrons. The Hall–Kier alpha value is -2.70. The minimum Gasteiger partial charge on any atom is -0.497 e. The lowest BCUT2D eigenvalue weighted by atomic mass is 9.86. The Kier molecular flexibility index (Phi) is 11.6. The number of nitrogens with zero attached hydrogens (tertiary/aromatic N) is 1. The van der Waals surface area contributed by atoms with Crippen LogP contribution < -0.4 is 15.4 Å². The normalized spacial score (nSPS) is 18.0. The lowest BCUT2D eigenvalue weighted by Gasteiger charge is -2.36. The number of thioether (sulfide) groups is 1. The third-order valence-electron chi connectivity index (χ3n) is 6.30. The predicted molar refractivity (Wildman–Crippen MR) is 150 cm³/mol. The molecule has 0 bridgehead atoms. The molecule has 1 aliphatic carbocycles. The number of nitrogens with one attached hydrogen (secondary N) is 2. The molecular formula is C27H37N3O4S2. The van der Waals surface area contributed by atoms with Gasteiger partial charge in [-0.15, -0.1) is 24.1 Å². The summed E-state index contributed by atoms with van der Waals surface area (Å²) in [4.78, 5) is 27.3. The van der Waals surface area contributed by atoms with Crippen LogP contribution in [-0.4, -0.2) is 52.6 Å². The van der Waals surface area contributed by atoms with Crippen molar-refractivity contribution in [3.8, 4) is 18.1 Å². The van der Waals surface area contributed by atoms with Crippen LogP contribution in [0.2, 0.25) is 0 Å². The minimum absolute atomic E-state index is 0.0988. The van der Waals surface area contributed by atoms with Crippen molar-refractivity contribution >= 4 is 41.1 Å². The molecule has 3 N–H and O–H groups in total. The summed E-state index contributed by atoms with van der Waals surface area (Å²) in [5.41, 5.74) is 0.281. The highest BCUT2D eigenvalue weighted by Crippen LogP contribution is 2.28. The molecule has 36 heavy (non-hydrogen) atoms. The maximum atomic E-state index is 13.2. The van der Waals surface area contributed by atoms with Crippen molar-refractivity contribution in [2.24, 2.45) is 11.3 Å². The Morgan fingerprint density at radius 2 is 1.92 bits per heavy atom. The van der Waals surface area contributed by atoms with Crippen LogP contribution in [0.25, 0.3) is 0 Å². The molecular weight excluding hydrogens is 494 g/mol. The van der Waals surface area contributed by atoms with Crippen molar-refractivity contribution in [2.45, 2.75) is 58.9 Å². The molecule has 1 aliphatic rings. The first-order valence-electron chi connectivity index (χ1n) is 12.1. The number of carboxylic acids is 1. The minimum atomic E-state index is -0.843. The number of benzene rings is 1. The van der Waals surface area contributed by atoms with Gasteiger partial charge in [0.05, 0.1) is 12.5 Å². The largest absolute Gasteiger partial charge is 0.497 e. The summed E-state index contributed by atoms with van der Waals surface area (Å²) in [6, 6.07) is 7.71. The van der Waals surface area contributed by atoms with E-state index in [1.54, 1.807) is 27.2 Å². The second-order valence-electron chi connectivity index (χ2n) is 9.60. The number of carbonyl (C=O) groups is 2. The van der Waals surface area contributed by atoms with E-state index in [0.717, 1.165) is 41.9 Å². The molecule has 0 unspecified atom stereocenters. The van der Waals surface area contributed by atoms with E-state index in [9.17, 15) is 14.7 Å². The van der Waals surface area contributed by atoms with Crippen molar-refractivity contribution in [3.63, 3.8) is 0 Å². The quantitative estimate of drug-likeness (QED) is 0.288. The van der Waals surface area contributed by atoms with E-state index < -0.39 is 11.4 Å². The van der Waals surface area contributed by atoms with E-state index in [0.29, 0.717) is 18.7 Å². The highest BCUT2D eigenvalue weighted by atomic mass is 32.2. The fraction of sp³-hybridized carbons (Fsp3) is 0.519. The zero-order chi connectivity index (χ0) is 26.7. The van der Waals surface area contributed by atoms with Gasteiger partial charge < -0.3 is 20.1 Å². The van der Waals surface area contributed by atoms with E-state index in [1.165, 1.54) is 11.8 Å². The molecule has 1 saturated carbocycles. The smallest absolute Gasteiger partial charge is 0.323 e. The molecule has 7 nitrogen and oxygen atoms in total. The van der Waals surface area contributed by atoms with Crippen molar-refractivity contribution in [1.82, 2.24) is 15.5 Å². The number of hydrogen-bond donors (Lipinski definition) is 3. The third kappa shape index (κ3) is 9.40. The van der Waals surface area contributed by atoms with E-state index >= 15 is 0 Å².